The Labute approximate surface area is 60.1 Å². The predicted molar refractivity (Wildman–Crippen MR) is 39.1 cm³/mol. The van der Waals surface area contributed by atoms with Crippen molar-refractivity contribution in [2.45, 2.75) is 13.1 Å². The molecule has 1 heterocycles. The monoisotopic (exact) mass is 150 g/mol. The summed E-state index contributed by atoms with van der Waals surface area (Å²) in [7, 11) is 0. The van der Waals surface area contributed by atoms with Crippen molar-refractivity contribution in [2.24, 2.45) is 22.5 Å². The second kappa shape index (κ2) is 2.89. The number of nitrogens with zero attached hydrogens (tertiary/aromatic N) is 1. The highest BCUT2D eigenvalue weighted by Gasteiger charge is 2.20. The van der Waals surface area contributed by atoms with Crippen molar-refractivity contribution < 1.29 is 0 Å². The third-order valence-electron chi connectivity index (χ3n) is 1.35. The molecule has 5 heteroatoms. The molecule has 0 aromatic heterocycles. The molecule has 0 amide bonds. The first-order valence-electron chi connectivity index (χ1n) is 2.56. The maximum Gasteiger partial charge on any atom is 0.125 e. The average Bonchev–Trinajstić information content (AvgIpc) is 1.98. The second-order valence-corrected chi connectivity index (χ2v) is 1.98. The number of hydrogen-bond donors (Lipinski definition) is 3. The van der Waals surface area contributed by atoms with Crippen LogP contribution in [0.15, 0.2) is 5.10 Å². The largest absolute Gasteiger partial charge is 0.385 e. The minimum Gasteiger partial charge on any atom is -0.385 e. The Bertz CT molecular complexity index is 124. The molecule has 0 bridgehead atoms. The molecule has 54 valence electrons. The fourth-order valence-corrected chi connectivity index (χ4v) is 0.547. The Hall–Kier alpha value is -0.480. The van der Waals surface area contributed by atoms with E-state index < -0.39 is 0 Å². The Kier molecular flexibility index (Phi) is 2.73. The highest BCUT2D eigenvalue weighted by molar-refractivity contribution is 5.85. The van der Waals surface area contributed by atoms with Crippen LogP contribution in [0.1, 0.15) is 6.92 Å². The summed E-state index contributed by atoms with van der Waals surface area (Å²) in [6.45, 7) is 1.93. The summed E-state index contributed by atoms with van der Waals surface area (Å²) in [5.74, 6) is 0.771. The molecular weight excluding hydrogens is 140 g/mol. The third-order valence-corrected chi connectivity index (χ3v) is 1.35. The predicted octanol–water partition coefficient (Wildman–Crippen LogP) is -0.796. The van der Waals surface area contributed by atoms with Crippen LogP contribution in [-0.4, -0.2) is 12.0 Å². The van der Waals surface area contributed by atoms with Gasteiger partial charge in [0.25, 0.3) is 0 Å². The van der Waals surface area contributed by atoms with Crippen molar-refractivity contribution in [3.8, 4) is 0 Å². The fraction of sp³-hybridized carbons (Fsp3) is 0.750. The van der Waals surface area contributed by atoms with E-state index in [1.165, 1.54) is 0 Å². The lowest BCUT2D eigenvalue weighted by molar-refractivity contribution is 0.518. The van der Waals surface area contributed by atoms with Crippen LogP contribution in [0.3, 0.4) is 0 Å². The zero-order valence-electron chi connectivity index (χ0n) is 5.16. The van der Waals surface area contributed by atoms with Gasteiger partial charge in [-0.1, -0.05) is 6.92 Å². The maximum atomic E-state index is 5.46. The number of hydrazone groups is 1. The molecule has 0 aromatic rings. The maximum absolute atomic E-state index is 5.46. The van der Waals surface area contributed by atoms with E-state index in [0.29, 0.717) is 5.84 Å². The summed E-state index contributed by atoms with van der Waals surface area (Å²) in [4.78, 5) is 0. The topological polar surface area (TPSA) is 76.4 Å². The smallest absolute Gasteiger partial charge is 0.125 e. The number of nitrogens with one attached hydrogen (secondary N) is 1. The SMILES string of the molecule is CC1C(N)=NNC1N.Cl. The van der Waals surface area contributed by atoms with E-state index in [2.05, 4.69) is 10.5 Å². The summed E-state index contributed by atoms with van der Waals surface area (Å²) < 4.78 is 0. The van der Waals surface area contributed by atoms with E-state index in [9.17, 15) is 0 Å². The van der Waals surface area contributed by atoms with Crippen LogP contribution in [0.25, 0.3) is 0 Å². The zero-order valence-corrected chi connectivity index (χ0v) is 5.98. The first kappa shape index (κ1) is 8.52. The molecule has 0 radical (unpaired) electrons. The molecular formula is C4H11ClN4. The van der Waals surface area contributed by atoms with Crippen molar-refractivity contribution in [1.29, 1.82) is 0 Å². The minimum atomic E-state index is -0.0880. The van der Waals surface area contributed by atoms with Gasteiger partial charge in [0.2, 0.25) is 0 Å². The molecule has 4 nitrogen and oxygen atoms in total. The van der Waals surface area contributed by atoms with Crippen LogP contribution in [0, 0.1) is 5.92 Å². The van der Waals surface area contributed by atoms with Crippen molar-refractivity contribution in [2.75, 3.05) is 0 Å². The van der Waals surface area contributed by atoms with Gasteiger partial charge < -0.3 is 11.5 Å². The third kappa shape index (κ3) is 1.46. The highest BCUT2D eigenvalue weighted by atomic mass is 35.5. The van der Waals surface area contributed by atoms with Crippen molar-refractivity contribution in [3.63, 3.8) is 0 Å². The number of amidine groups is 1. The first-order chi connectivity index (χ1) is 3.72. The van der Waals surface area contributed by atoms with Gasteiger partial charge in [0.1, 0.15) is 12.0 Å². The van der Waals surface area contributed by atoms with Crippen LogP contribution in [0.4, 0.5) is 0 Å². The van der Waals surface area contributed by atoms with Crippen LogP contribution in [0.5, 0.6) is 0 Å². The van der Waals surface area contributed by atoms with Crippen molar-refractivity contribution >= 4 is 18.2 Å². The molecule has 5 N–H and O–H groups in total. The van der Waals surface area contributed by atoms with Gasteiger partial charge in [-0.2, -0.15) is 5.10 Å². The van der Waals surface area contributed by atoms with Crippen molar-refractivity contribution in [3.05, 3.63) is 0 Å². The van der Waals surface area contributed by atoms with Gasteiger partial charge >= 0.3 is 0 Å². The van der Waals surface area contributed by atoms with E-state index in [1.807, 2.05) is 6.92 Å². The number of halogens is 1. The Morgan fingerprint density at radius 3 is 2.33 bits per heavy atom. The quantitative estimate of drug-likeness (QED) is 0.424. The number of hydrogen-bond acceptors (Lipinski definition) is 4. The van der Waals surface area contributed by atoms with Gasteiger partial charge in [-0.15, -0.1) is 12.4 Å². The highest BCUT2D eigenvalue weighted by Crippen LogP contribution is 2.02. The van der Waals surface area contributed by atoms with Crippen LogP contribution in [0.2, 0.25) is 0 Å². The van der Waals surface area contributed by atoms with Crippen LogP contribution in [-0.2, 0) is 0 Å². The van der Waals surface area contributed by atoms with E-state index in [4.69, 9.17) is 11.5 Å². The Balaban J connectivity index is 0.000000640. The molecule has 0 aliphatic carbocycles. The average molecular weight is 151 g/mol. The van der Waals surface area contributed by atoms with Gasteiger partial charge in [0, 0.05) is 0 Å². The van der Waals surface area contributed by atoms with Gasteiger partial charge in [0.15, 0.2) is 0 Å². The second-order valence-electron chi connectivity index (χ2n) is 1.98. The summed E-state index contributed by atoms with van der Waals surface area (Å²) in [5.41, 5.74) is 13.5. The molecule has 0 aromatic carbocycles. The van der Waals surface area contributed by atoms with E-state index >= 15 is 0 Å². The lowest BCUT2D eigenvalue weighted by Crippen LogP contribution is -2.37. The normalized spacial score (nSPS) is 32.4. The van der Waals surface area contributed by atoms with Crippen LogP contribution >= 0.6 is 12.4 Å². The van der Waals surface area contributed by atoms with E-state index in [0.717, 1.165) is 0 Å². The van der Waals surface area contributed by atoms with Crippen molar-refractivity contribution in [1.82, 2.24) is 5.43 Å². The Morgan fingerprint density at radius 1 is 1.67 bits per heavy atom. The van der Waals surface area contributed by atoms with Gasteiger partial charge in [0.05, 0.1) is 5.92 Å². The molecule has 0 fully saturated rings. The standard InChI is InChI=1S/C4H10N4.ClH/c1-2-3(5)7-8-4(2)6;/h2-3,7H,5H2,1H3,(H2,6,8);1H. The lowest BCUT2D eigenvalue weighted by atomic mass is 10.1. The molecule has 1 aliphatic heterocycles. The number of rotatable bonds is 0. The number of nitrogens with two attached hydrogens (primary N) is 2. The molecule has 1 rings (SSSR count). The van der Waals surface area contributed by atoms with Gasteiger partial charge in [-0.25, -0.2) is 0 Å². The summed E-state index contributed by atoms with van der Waals surface area (Å²) in [6, 6.07) is 0. The minimum absolute atomic E-state index is 0. The summed E-state index contributed by atoms with van der Waals surface area (Å²) in [5, 5.41) is 3.72. The molecule has 0 saturated carbocycles. The van der Waals surface area contributed by atoms with E-state index in [1.54, 1.807) is 0 Å². The molecule has 0 spiro atoms. The molecule has 2 unspecified atom stereocenters. The van der Waals surface area contributed by atoms with Gasteiger partial charge in [-0.05, 0) is 0 Å². The van der Waals surface area contributed by atoms with Gasteiger partial charge in [-0.3, -0.25) is 5.43 Å². The van der Waals surface area contributed by atoms with Crippen LogP contribution < -0.4 is 16.9 Å². The Morgan fingerprint density at radius 2 is 2.22 bits per heavy atom. The fourth-order valence-electron chi connectivity index (χ4n) is 0.547. The molecule has 9 heavy (non-hydrogen) atoms. The molecule has 0 saturated heterocycles. The molecule has 1 aliphatic rings. The summed E-state index contributed by atoms with van der Waals surface area (Å²) in [6.07, 6.45) is -0.0880. The first-order valence-corrected chi connectivity index (χ1v) is 2.56. The lowest BCUT2D eigenvalue weighted by Gasteiger charge is -2.06. The zero-order chi connectivity index (χ0) is 6.15. The van der Waals surface area contributed by atoms with E-state index in [-0.39, 0.29) is 24.5 Å². The molecule has 2 atom stereocenters. The summed E-state index contributed by atoms with van der Waals surface area (Å²) >= 11 is 0.